The van der Waals surface area contributed by atoms with Crippen molar-refractivity contribution < 1.29 is 44.2 Å². The topological polar surface area (TPSA) is 126 Å². The van der Waals surface area contributed by atoms with Crippen LogP contribution in [0.2, 0.25) is 0 Å². The lowest BCUT2D eigenvalue weighted by Crippen LogP contribution is -2.60. The van der Waals surface area contributed by atoms with Gasteiger partial charge in [0.2, 0.25) is 12.2 Å². The molecule has 178 valence electrons. The Bertz CT molecular complexity index is 1100. The summed E-state index contributed by atoms with van der Waals surface area (Å²) < 4.78 is 72.5. The Balaban J connectivity index is 2.05. The van der Waals surface area contributed by atoms with E-state index in [4.69, 9.17) is 23.8 Å². The van der Waals surface area contributed by atoms with E-state index in [0.717, 1.165) is 4.68 Å². The molecule has 4 N–H and O–H groups in total. The van der Waals surface area contributed by atoms with Crippen molar-refractivity contribution >= 4 is 0 Å². The van der Waals surface area contributed by atoms with E-state index < -0.39 is 63.1 Å². The predicted molar refractivity (Wildman–Crippen MR) is 117 cm³/mol. The molecule has 1 saturated heterocycles. The minimum atomic E-state index is -2.97. The first-order valence-corrected chi connectivity index (χ1v) is 10.2. The summed E-state index contributed by atoms with van der Waals surface area (Å²) in [7, 11) is 0. The molecular weight excluding hydrogens is 416 g/mol. The van der Waals surface area contributed by atoms with Gasteiger partial charge in [0.05, 0.1) is 14.1 Å². The SMILES string of the molecule is [2H]C(C)(C)Oc1ccc(Cc2c(O[C@@H]3O[C@H](CO)[C@@H](O)[C@H](O)[C@H]3O)nn(C(C([2H])([2H])[2H])C([2H])([2H])[2H])c2C)cc1. The van der Waals surface area contributed by atoms with Crippen LogP contribution in [0.5, 0.6) is 11.6 Å². The summed E-state index contributed by atoms with van der Waals surface area (Å²) in [5, 5.41) is 44.3. The number of hydrogen-bond donors (Lipinski definition) is 4. The monoisotopic (exact) mass is 457 g/mol. The quantitative estimate of drug-likeness (QED) is 0.468. The van der Waals surface area contributed by atoms with Crippen LogP contribution in [-0.2, 0) is 11.2 Å². The number of ether oxygens (including phenoxy) is 3. The van der Waals surface area contributed by atoms with E-state index in [1.807, 2.05) is 0 Å². The molecule has 1 aromatic heterocycles. The minimum absolute atomic E-state index is 0.0812. The number of aliphatic hydroxyl groups excluding tert-OH is 4. The van der Waals surface area contributed by atoms with Gasteiger partial charge in [0.15, 0.2) is 0 Å². The zero-order valence-corrected chi connectivity index (χ0v) is 18.1. The van der Waals surface area contributed by atoms with E-state index in [0.29, 0.717) is 11.3 Å². The lowest BCUT2D eigenvalue weighted by Gasteiger charge is -2.39. The van der Waals surface area contributed by atoms with Gasteiger partial charge in [-0.2, -0.15) is 0 Å². The molecule has 0 aliphatic carbocycles. The summed E-state index contributed by atoms with van der Waals surface area (Å²) >= 11 is 0. The van der Waals surface area contributed by atoms with Crippen molar-refractivity contribution in [2.75, 3.05) is 6.61 Å². The number of aliphatic hydroxyl groups is 4. The Labute approximate surface area is 198 Å². The Morgan fingerprint density at radius 3 is 2.44 bits per heavy atom. The van der Waals surface area contributed by atoms with E-state index in [1.54, 1.807) is 38.1 Å². The van der Waals surface area contributed by atoms with E-state index in [2.05, 4.69) is 5.10 Å². The zero-order chi connectivity index (χ0) is 29.5. The number of benzene rings is 1. The van der Waals surface area contributed by atoms with E-state index >= 15 is 0 Å². The molecule has 0 amide bonds. The number of rotatable bonds is 8. The molecule has 3 rings (SSSR count). The van der Waals surface area contributed by atoms with E-state index in [9.17, 15) is 20.4 Å². The van der Waals surface area contributed by atoms with Crippen molar-refractivity contribution in [2.45, 2.75) is 83.7 Å². The van der Waals surface area contributed by atoms with Gasteiger partial charge in [-0.1, -0.05) is 12.1 Å². The minimum Gasteiger partial charge on any atom is -0.491 e. The standard InChI is InChI=1S/C23H34N2O7/c1-12(2)25-14(5)17(10-15-6-8-16(9-7-15)30-13(3)4)22(24-25)32-23-21(29)20(28)19(27)18(11-26)31-23/h6-9,12-13,18-21,23,26-29H,10-11H2,1-5H3/t18-,19-,20+,21-,23+/m1/s1/i1D3,2D3,13D. The van der Waals surface area contributed by atoms with Gasteiger partial charge >= 0.3 is 0 Å². The molecule has 9 nitrogen and oxygen atoms in total. The lowest BCUT2D eigenvalue weighted by molar-refractivity contribution is -0.278. The molecule has 0 bridgehead atoms. The second-order valence-electron chi connectivity index (χ2n) is 7.86. The number of nitrogens with zero attached hydrogens (tertiary/aromatic N) is 2. The van der Waals surface area contributed by atoms with Crippen molar-refractivity contribution in [2.24, 2.45) is 0 Å². The first kappa shape index (κ1) is 16.4. The fraction of sp³-hybridized carbons (Fsp3) is 0.609. The van der Waals surface area contributed by atoms with Crippen molar-refractivity contribution in [3.8, 4) is 11.6 Å². The van der Waals surface area contributed by atoms with Crippen LogP contribution in [0.25, 0.3) is 0 Å². The largest absolute Gasteiger partial charge is 0.491 e. The number of aromatic nitrogens is 2. The van der Waals surface area contributed by atoms with Gasteiger partial charge in [0.25, 0.3) is 0 Å². The van der Waals surface area contributed by atoms with Gasteiger partial charge in [0, 0.05) is 31.9 Å². The van der Waals surface area contributed by atoms with Gasteiger partial charge in [-0.3, -0.25) is 4.68 Å². The number of hydrogen-bond acceptors (Lipinski definition) is 8. The van der Waals surface area contributed by atoms with Crippen LogP contribution in [0.1, 0.15) is 60.0 Å². The van der Waals surface area contributed by atoms with Crippen LogP contribution < -0.4 is 9.47 Å². The molecule has 1 fully saturated rings. The van der Waals surface area contributed by atoms with Gasteiger partial charge in [-0.25, -0.2) is 0 Å². The molecule has 0 radical (unpaired) electrons. The van der Waals surface area contributed by atoms with Crippen molar-refractivity contribution in [3.63, 3.8) is 0 Å². The third kappa shape index (κ3) is 5.24. The van der Waals surface area contributed by atoms with Gasteiger partial charge < -0.3 is 34.6 Å². The summed E-state index contributed by atoms with van der Waals surface area (Å²) in [6.07, 6.45) is -9.12. The Morgan fingerprint density at radius 1 is 1.16 bits per heavy atom. The lowest BCUT2D eigenvalue weighted by atomic mass is 9.99. The maximum absolute atomic E-state index is 10.4. The maximum Gasteiger partial charge on any atom is 0.239 e. The molecule has 5 atom stereocenters. The fourth-order valence-electron chi connectivity index (χ4n) is 3.47. The third-order valence-electron chi connectivity index (χ3n) is 5.18. The van der Waals surface area contributed by atoms with Crippen molar-refractivity contribution in [1.82, 2.24) is 9.78 Å². The highest BCUT2D eigenvalue weighted by Crippen LogP contribution is 2.31. The van der Waals surface area contributed by atoms with Crippen molar-refractivity contribution in [3.05, 3.63) is 41.1 Å². The third-order valence-corrected chi connectivity index (χ3v) is 5.18. The maximum atomic E-state index is 10.4. The fourth-order valence-corrected chi connectivity index (χ4v) is 3.47. The molecule has 0 saturated carbocycles. The highest BCUT2D eigenvalue weighted by Gasteiger charge is 2.45. The average molecular weight is 458 g/mol. The molecule has 32 heavy (non-hydrogen) atoms. The second-order valence-corrected chi connectivity index (χ2v) is 7.86. The molecule has 0 spiro atoms. The summed E-state index contributed by atoms with van der Waals surface area (Å²) in [5.74, 6) is 0.178. The molecule has 1 aromatic carbocycles. The van der Waals surface area contributed by atoms with Crippen LogP contribution in [0.3, 0.4) is 0 Å². The van der Waals surface area contributed by atoms with Gasteiger partial charge in [-0.15, -0.1) is 5.10 Å². The second kappa shape index (κ2) is 10.2. The summed E-state index contributed by atoms with van der Waals surface area (Å²) in [6, 6.07) is 4.64. The Hall–Kier alpha value is -2.17. The van der Waals surface area contributed by atoms with Gasteiger partial charge in [0.1, 0.15) is 30.2 Å². The van der Waals surface area contributed by atoms with Crippen LogP contribution >= 0.6 is 0 Å². The molecule has 2 aromatic rings. The summed E-state index contributed by atoms with van der Waals surface area (Å²) in [4.78, 5) is 0. The highest BCUT2D eigenvalue weighted by molar-refractivity contribution is 5.38. The van der Waals surface area contributed by atoms with Gasteiger partial charge in [-0.05, 0) is 52.2 Å². The summed E-state index contributed by atoms with van der Waals surface area (Å²) in [6.45, 7) is -2.01. The van der Waals surface area contributed by atoms with E-state index in [1.165, 1.54) is 6.92 Å². The Morgan fingerprint density at radius 2 is 1.84 bits per heavy atom. The van der Waals surface area contributed by atoms with Crippen LogP contribution in [0.4, 0.5) is 0 Å². The van der Waals surface area contributed by atoms with E-state index in [-0.39, 0.29) is 23.6 Å². The smallest absolute Gasteiger partial charge is 0.239 e. The molecule has 1 aliphatic heterocycles. The summed E-state index contributed by atoms with van der Waals surface area (Å²) in [5.41, 5.74) is 1.12. The van der Waals surface area contributed by atoms with Crippen molar-refractivity contribution in [1.29, 1.82) is 0 Å². The van der Waals surface area contributed by atoms with Crippen LogP contribution in [-0.4, -0.2) is 73.6 Å². The van der Waals surface area contributed by atoms with Crippen LogP contribution in [0, 0.1) is 6.92 Å². The molecule has 0 unspecified atom stereocenters. The molecule has 2 heterocycles. The first-order valence-electron chi connectivity index (χ1n) is 13.7. The zero-order valence-electron chi connectivity index (χ0n) is 25.1. The highest BCUT2D eigenvalue weighted by atomic mass is 16.7. The van der Waals surface area contributed by atoms with Crippen LogP contribution in [0.15, 0.2) is 24.3 Å². The first-order chi connectivity index (χ1) is 17.8. The molecule has 1 aliphatic rings. The Kier molecular flexibility index (Phi) is 5.23. The average Bonchev–Trinajstić information content (AvgIpc) is 3.07. The molecule has 9 heteroatoms. The normalized spacial score (nSPS) is 30.4. The predicted octanol–water partition coefficient (Wildman–Crippen LogP) is 1.33. The molecular formula is C23H34N2O7.